The first-order chi connectivity index (χ1) is 23.3. The van der Waals surface area contributed by atoms with Crippen molar-refractivity contribution in [2.24, 2.45) is 5.92 Å². The molecule has 48 heavy (non-hydrogen) atoms. The summed E-state index contributed by atoms with van der Waals surface area (Å²) in [6, 6.07) is 25.2. The number of nitrogens with zero attached hydrogens (tertiary/aromatic N) is 1. The monoisotopic (exact) mass is 651 g/mol. The zero-order chi connectivity index (χ0) is 33.5. The SMILES string of the molecule is CCc1ccc2c(c1)[C@@H](NC[C@@H](O)[C@H](Cc1ccccc1)NC(=O)C[C@H]1CCN(CCC(C)C)Cc3ccccc31)CC1(CCCC1)O2. The van der Waals surface area contributed by atoms with E-state index in [0.29, 0.717) is 25.3 Å². The van der Waals surface area contributed by atoms with Crippen LogP contribution in [-0.2, 0) is 24.2 Å². The first-order valence-corrected chi connectivity index (χ1v) is 18.7. The Hall–Kier alpha value is -3.19. The van der Waals surface area contributed by atoms with Crippen LogP contribution in [0.3, 0.4) is 0 Å². The van der Waals surface area contributed by atoms with Crippen molar-refractivity contribution in [1.29, 1.82) is 0 Å². The van der Waals surface area contributed by atoms with Crippen LogP contribution in [0.4, 0.5) is 0 Å². The van der Waals surface area contributed by atoms with Crippen LogP contribution < -0.4 is 15.4 Å². The highest BCUT2D eigenvalue weighted by Gasteiger charge is 2.43. The minimum absolute atomic E-state index is 0.0133. The molecule has 0 radical (unpaired) electrons. The standard InChI is InChI=1S/C42H57N3O3/c1-4-31-16-17-40-36(24-31)38(27-42(48-40)20-10-11-21-42)43-28-39(46)37(25-32-12-6-5-7-13-32)44-41(47)26-33-19-23-45(22-18-30(2)3)29-34-14-8-9-15-35(33)34/h5-9,12-17,24,30,33,37-39,43,46H,4,10-11,18-23,25-29H2,1-3H3,(H,44,47)/t33-,37+,38+,39-/m1/s1. The smallest absolute Gasteiger partial charge is 0.220 e. The van der Waals surface area contributed by atoms with Crippen LogP contribution in [0.2, 0.25) is 0 Å². The third kappa shape index (κ3) is 8.69. The average Bonchev–Trinajstić information content (AvgIpc) is 3.46. The van der Waals surface area contributed by atoms with Crippen molar-refractivity contribution in [3.8, 4) is 5.75 Å². The molecule has 1 aliphatic carbocycles. The molecule has 1 saturated carbocycles. The first kappa shape index (κ1) is 34.7. The minimum atomic E-state index is -0.748. The van der Waals surface area contributed by atoms with Crippen LogP contribution in [-0.4, -0.2) is 53.3 Å². The van der Waals surface area contributed by atoms with E-state index in [1.54, 1.807) is 0 Å². The molecular weight excluding hydrogens is 594 g/mol. The van der Waals surface area contributed by atoms with Crippen molar-refractivity contribution in [1.82, 2.24) is 15.5 Å². The summed E-state index contributed by atoms with van der Waals surface area (Å²) >= 11 is 0. The van der Waals surface area contributed by atoms with E-state index in [9.17, 15) is 9.90 Å². The number of fused-ring (bicyclic) bond motifs is 2. The van der Waals surface area contributed by atoms with E-state index in [4.69, 9.17) is 4.74 Å². The zero-order valence-electron chi connectivity index (χ0n) is 29.4. The molecule has 0 unspecified atom stereocenters. The van der Waals surface area contributed by atoms with Crippen molar-refractivity contribution in [2.75, 3.05) is 19.6 Å². The largest absolute Gasteiger partial charge is 0.487 e. The van der Waals surface area contributed by atoms with Gasteiger partial charge in [-0.05, 0) is 105 Å². The van der Waals surface area contributed by atoms with Gasteiger partial charge in [0.05, 0.1) is 12.1 Å². The summed E-state index contributed by atoms with van der Waals surface area (Å²) in [5.74, 6) is 1.82. The van der Waals surface area contributed by atoms with Crippen LogP contribution in [0.5, 0.6) is 5.75 Å². The van der Waals surface area contributed by atoms with Crippen molar-refractivity contribution >= 4 is 5.91 Å². The normalized spacial score (nSPS) is 21.6. The fraction of sp³-hybridized carbons (Fsp3) is 0.548. The first-order valence-electron chi connectivity index (χ1n) is 18.7. The summed E-state index contributed by atoms with van der Waals surface area (Å²) in [6.07, 6.45) is 8.83. The topological polar surface area (TPSA) is 73.8 Å². The zero-order valence-corrected chi connectivity index (χ0v) is 29.4. The van der Waals surface area contributed by atoms with Crippen molar-refractivity contribution in [3.63, 3.8) is 0 Å². The molecule has 1 fully saturated rings. The summed E-state index contributed by atoms with van der Waals surface area (Å²) in [4.78, 5) is 16.4. The molecule has 6 rings (SSSR count). The number of hydrogen-bond acceptors (Lipinski definition) is 5. The number of carbonyl (C=O) groups excluding carboxylic acids is 1. The number of rotatable bonds is 13. The highest BCUT2D eigenvalue weighted by molar-refractivity contribution is 5.77. The molecule has 4 atom stereocenters. The van der Waals surface area contributed by atoms with E-state index >= 15 is 0 Å². The highest BCUT2D eigenvalue weighted by atomic mass is 16.5. The van der Waals surface area contributed by atoms with Gasteiger partial charge in [0.15, 0.2) is 0 Å². The fourth-order valence-electron chi connectivity index (χ4n) is 8.23. The summed E-state index contributed by atoms with van der Waals surface area (Å²) in [7, 11) is 0. The molecule has 3 aliphatic rings. The van der Waals surface area contributed by atoms with Gasteiger partial charge in [0.2, 0.25) is 5.91 Å². The molecule has 1 spiro atoms. The number of ether oxygens (including phenoxy) is 1. The molecule has 0 aromatic heterocycles. The van der Waals surface area contributed by atoms with E-state index in [1.807, 2.05) is 18.2 Å². The van der Waals surface area contributed by atoms with Crippen LogP contribution in [0.1, 0.15) is 112 Å². The number of amides is 1. The lowest BCUT2D eigenvalue weighted by Crippen LogP contribution is -2.50. The van der Waals surface area contributed by atoms with Gasteiger partial charge in [-0.25, -0.2) is 0 Å². The van der Waals surface area contributed by atoms with Gasteiger partial charge in [0, 0.05) is 37.5 Å². The maximum Gasteiger partial charge on any atom is 0.220 e. The number of hydrogen-bond donors (Lipinski definition) is 3. The Labute approximate surface area is 288 Å². The Bertz CT molecular complexity index is 1480. The Morgan fingerprint density at radius 3 is 2.54 bits per heavy atom. The molecule has 258 valence electrons. The fourth-order valence-corrected chi connectivity index (χ4v) is 8.23. The predicted molar refractivity (Wildman–Crippen MR) is 194 cm³/mol. The lowest BCUT2D eigenvalue weighted by molar-refractivity contribution is -0.123. The van der Waals surface area contributed by atoms with Gasteiger partial charge >= 0.3 is 0 Å². The number of aliphatic hydroxyl groups is 1. The quantitative estimate of drug-likeness (QED) is 0.179. The van der Waals surface area contributed by atoms with Gasteiger partial charge in [0.1, 0.15) is 11.4 Å². The molecular formula is C42H57N3O3. The number of aryl methyl sites for hydroxylation is 1. The van der Waals surface area contributed by atoms with Gasteiger partial charge in [0.25, 0.3) is 0 Å². The van der Waals surface area contributed by atoms with Gasteiger partial charge < -0.3 is 20.5 Å². The maximum absolute atomic E-state index is 13.9. The molecule has 2 heterocycles. The summed E-state index contributed by atoms with van der Waals surface area (Å²) in [5.41, 5.74) is 6.11. The van der Waals surface area contributed by atoms with E-state index in [2.05, 4.69) is 90.9 Å². The van der Waals surface area contributed by atoms with Crippen LogP contribution >= 0.6 is 0 Å². The molecule has 6 heteroatoms. The third-order valence-electron chi connectivity index (χ3n) is 11.1. The molecule has 2 aliphatic heterocycles. The molecule has 1 amide bonds. The van der Waals surface area contributed by atoms with Crippen molar-refractivity contribution < 1.29 is 14.6 Å². The number of carbonyl (C=O) groups is 1. The molecule has 0 bridgehead atoms. The Balaban J connectivity index is 1.15. The van der Waals surface area contributed by atoms with E-state index in [1.165, 1.54) is 41.5 Å². The molecule has 6 nitrogen and oxygen atoms in total. The second-order valence-corrected chi connectivity index (χ2v) is 15.2. The molecule has 3 aromatic rings. The van der Waals surface area contributed by atoms with Gasteiger partial charge in [-0.3, -0.25) is 9.69 Å². The second kappa shape index (κ2) is 16.0. The van der Waals surface area contributed by atoms with Crippen molar-refractivity contribution in [3.05, 3.63) is 101 Å². The second-order valence-electron chi connectivity index (χ2n) is 15.2. The average molecular weight is 652 g/mol. The molecule has 3 N–H and O–H groups in total. The van der Waals surface area contributed by atoms with E-state index in [0.717, 1.165) is 63.1 Å². The Morgan fingerprint density at radius 1 is 1.00 bits per heavy atom. The molecule has 3 aromatic carbocycles. The third-order valence-corrected chi connectivity index (χ3v) is 11.1. The van der Waals surface area contributed by atoms with Crippen LogP contribution in [0, 0.1) is 5.92 Å². The summed E-state index contributed by atoms with van der Waals surface area (Å²) in [6.45, 7) is 10.2. The Kier molecular flexibility index (Phi) is 11.6. The van der Waals surface area contributed by atoms with Crippen molar-refractivity contribution in [2.45, 2.75) is 121 Å². The number of benzene rings is 3. The van der Waals surface area contributed by atoms with Gasteiger partial charge in [-0.1, -0.05) is 87.5 Å². The number of nitrogens with one attached hydrogen (secondary N) is 2. The number of aliphatic hydroxyl groups excluding tert-OH is 1. The van der Waals surface area contributed by atoms with E-state index < -0.39 is 12.1 Å². The highest BCUT2D eigenvalue weighted by Crippen LogP contribution is 2.47. The van der Waals surface area contributed by atoms with Crippen LogP contribution in [0.25, 0.3) is 0 Å². The Morgan fingerprint density at radius 2 is 1.77 bits per heavy atom. The van der Waals surface area contributed by atoms with E-state index in [-0.39, 0.29) is 23.5 Å². The predicted octanol–water partition coefficient (Wildman–Crippen LogP) is 7.49. The summed E-state index contributed by atoms with van der Waals surface area (Å²) < 4.78 is 6.67. The van der Waals surface area contributed by atoms with Crippen LogP contribution in [0.15, 0.2) is 72.8 Å². The van der Waals surface area contributed by atoms with Gasteiger partial charge in [-0.2, -0.15) is 0 Å². The maximum atomic E-state index is 13.9. The minimum Gasteiger partial charge on any atom is -0.487 e. The lowest BCUT2D eigenvalue weighted by Gasteiger charge is -2.41. The summed E-state index contributed by atoms with van der Waals surface area (Å²) in [5, 5.41) is 18.9. The molecule has 0 saturated heterocycles. The lowest BCUT2D eigenvalue weighted by atomic mass is 9.85. The van der Waals surface area contributed by atoms with Gasteiger partial charge in [-0.15, -0.1) is 0 Å².